The minimum atomic E-state index is -0.580. The van der Waals surface area contributed by atoms with E-state index in [1.54, 1.807) is 69.4 Å². The summed E-state index contributed by atoms with van der Waals surface area (Å²) in [5, 5.41) is 6.16. The number of anilines is 3. The average Bonchev–Trinajstić information content (AvgIpc) is 3.29. The molecule has 0 fully saturated rings. The van der Waals surface area contributed by atoms with E-state index < -0.39 is 11.9 Å². The lowest BCUT2D eigenvalue weighted by Crippen LogP contribution is -2.36. The van der Waals surface area contributed by atoms with Crippen molar-refractivity contribution in [1.82, 2.24) is 4.90 Å². The Hall–Kier alpha value is -4.96. The highest BCUT2D eigenvalue weighted by atomic mass is 16.5. The Balaban J connectivity index is 1.83. The van der Waals surface area contributed by atoms with Gasteiger partial charge in [-0.3, -0.25) is 9.59 Å². The Morgan fingerprint density at radius 1 is 0.902 bits per heavy atom. The maximum atomic E-state index is 13.3. The van der Waals surface area contributed by atoms with Gasteiger partial charge in [-0.2, -0.15) is 0 Å². The molecule has 2 N–H and O–H groups in total. The molecule has 212 valence electrons. The first kappa shape index (κ1) is 29.0. The largest absolute Gasteiger partial charge is 0.465 e. The van der Waals surface area contributed by atoms with Gasteiger partial charge in [-0.1, -0.05) is 36.4 Å². The summed E-state index contributed by atoms with van der Waals surface area (Å²) in [6.45, 7) is 2.03. The summed E-state index contributed by atoms with van der Waals surface area (Å²) in [6, 6.07) is 19.2. The fourth-order valence-electron chi connectivity index (χ4n) is 4.48. The van der Waals surface area contributed by atoms with Gasteiger partial charge in [-0.05, 0) is 56.9 Å². The monoisotopic (exact) mass is 556 g/mol. The predicted octanol–water partition coefficient (Wildman–Crippen LogP) is 4.11. The van der Waals surface area contributed by atoms with Crippen LogP contribution >= 0.6 is 0 Å². The normalized spacial score (nSPS) is 13.3. The van der Waals surface area contributed by atoms with E-state index in [0.717, 1.165) is 5.56 Å². The molecule has 0 bridgehead atoms. The number of methoxy groups -OCH3 is 1. The van der Waals surface area contributed by atoms with E-state index in [2.05, 4.69) is 10.6 Å². The van der Waals surface area contributed by atoms with Crippen LogP contribution in [0.4, 0.5) is 17.1 Å². The second kappa shape index (κ2) is 12.5. The zero-order valence-corrected chi connectivity index (χ0v) is 23.6. The van der Waals surface area contributed by atoms with Crippen LogP contribution in [-0.4, -0.2) is 70.1 Å². The molecular weight excluding hydrogens is 524 g/mol. The third-order valence-corrected chi connectivity index (χ3v) is 6.45. The number of hydrogen-bond acceptors (Lipinski definition) is 8. The lowest BCUT2D eigenvalue weighted by atomic mass is 9.98. The average molecular weight is 557 g/mol. The molecule has 3 aromatic rings. The van der Waals surface area contributed by atoms with E-state index in [-0.39, 0.29) is 30.5 Å². The van der Waals surface area contributed by atoms with Crippen molar-refractivity contribution in [2.45, 2.75) is 6.92 Å². The van der Waals surface area contributed by atoms with Gasteiger partial charge in [0.1, 0.15) is 0 Å². The van der Waals surface area contributed by atoms with Crippen molar-refractivity contribution in [1.29, 1.82) is 0 Å². The van der Waals surface area contributed by atoms with Crippen LogP contribution in [0.1, 0.15) is 38.8 Å². The van der Waals surface area contributed by atoms with Crippen LogP contribution in [0.5, 0.6) is 0 Å². The number of fused-ring (bicyclic) bond motifs is 1. The Kier molecular flexibility index (Phi) is 8.84. The summed E-state index contributed by atoms with van der Waals surface area (Å²) >= 11 is 0. The Morgan fingerprint density at radius 3 is 2.29 bits per heavy atom. The van der Waals surface area contributed by atoms with Crippen molar-refractivity contribution in [3.05, 3.63) is 89.0 Å². The first-order chi connectivity index (χ1) is 19.6. The molecule has 10 heteroatoms. The molecule has 1 aliphatic heterocycles. The Morgan fingerprint density at radius 2 is 1.63 bits per heavy atom. The van der Waals surface area contributed by atoms with Crippen molar-refractivity contribution in [2.75, 3.05) is 56.9 Å². The predicted molar refractivity (Wildman–Crippen MR) is 158 cm³/mol. The van der Waals surface area contributed by atoms with Crippen LogP contribution < -0.4 is 15.5 Å². The SMILES string of the molecule is CCOC(=O)c1cc(NC(=C2C(=O)Nc3cc(C(=O)OC)ccc32)c2ccccc2)ccc1N(C)C(=O)CN(C)C. The van der Waals surface area contributed by atoms with E-state index in [1.165, 1.54) is 12.0 Å². The van der Waals surface area contributed by atoms with E-state index in [1.807, 2.05) is 30.3 Å². The quantitative estimate of drug-likeness (QED) is 0.299. The summed E-state index contributed by atoms with van der Waals surface area (Å²) < 4.78 is 10.1. The molecule has 1 heterocycles. The van der Waals surface area contributed by atoms with Gasteiger partial charge in [-0.15, -0.1) is 0 Å². The van der Waals surface area contributed by atoms with Gasteiger partial charge in [0.25, 0.3) is 5.91 Å². The first-order valence-electron chi connectivity index (χ1n) is 13.0. The third kappa shape index (κ3) is 6.28. The van der Waals surface area contributed by atoms with Crippen molar-refractivity contribution in [3.63, 3.8) is 0 Å². The number of benzene rings is 3. The first-order valence-corrected chi connectivity index (χ1v) is 13.0. The second-order valence-electron chi connectivity index (χ2n) is 9.59. The molecule has 2 amide bonds. The van der Waals surface area contributed by atoms with Gasteiger partial charge in [0.2, 0.25) is 5.91 Å². The number of carbonyl (C=O) groups is 4. The number of nitrogens with one attached hydrogen (secondary N) is 2. The zero-order chi connectivity index (χ0) is 29.7. The van der Waals surface area contributed by atoms with Crippen LogP contribution in [0.2, 0.25) is 0 Å². The van der Waals surface area contributed by atoms with Crippen LogP contribution in [-0.2, 0) is 19.1 Å². The highest BCUT2D eigenvalue weighted by molar-refractivity contribution is 6.37. The summed E-state index contributed by atoms with van der Waals surface area (Å²) in [5.41, 5.74) is 4.07. The lowest BCUT2D eigenvalue weighted by Gasteiger charge is -2.23. The molecule has 0 atom stereocenters. The molecule has 0 radical (unpaired) electrons. The summed E-state index contributed by atoms with van der Waals surface area (Å²) in [4.78, 5) is 54.3. The molecular formula is C31H32N4O6. The smallest absolute Gasteiger partial charge is 0.340 e. The van der Waals surface area contributed by atoms with E-state index in [9.17, 15) is 19.2 Å². The molecule has 0 aromatic heterocycles. The highest BCUT2D eigenvalue weighted by Gasteiger charge is 2.30. The maximum absolute atomic E-state index is 13.3. The maximum Gasteiger partial charge on any atom is 0.340 e. The van der Waals surface area contributed by atoms with E-state index in [0.29, 0.717) is 39.5 Å². The number of hydrogen-bond donors (Lipinski definition) is 2. The van der Waals surface area contributed by atoms with E-state index in [4.69, 9.17) is 9.47 Å². The Labute approximate surface area is 238 Å². The topological polar surface area (TPSA) is 117 Å². The minimum Gasteiger partial charge on any atom is -0.465 e. The van der Waals surface area contributed by atoms with Gasteiger partial charge in [0.05, 0.1) is 54.0 Å². The molecule has 4 rings (SSSR count). The van der Waals surface area contributed by atoms with Gasteiger partial charge in [-0.25, -0.2) is 9.59 Å². The van der Waals surface area contributed by atoms with Crippen LogP contribution in [0, 0.1) is 0 Å². The molecule has 0 saturated carbocycles. The number of rotatable bonds is 9. The number of likely N-dealkylation sites (N-methyl/N-ethyl adjacent to an activating group) is 2. The molecule has 3 aromatic carbocycles. The number of amides is 2. The molecule has 10 nitrogen and oxygen atoms in total. The lowest BCUT2D eigenvalue weighted by molar-refractivity contribution is -0.119. The summed E-state index contributed by atoms with van der Waals surface area (Å²) in [6.07, 6.45) is 0. The van der Waals surface area contributed by atoms with Crippen LogP contribution in [0.25, 0.3) is 11.3 Å². The van der Waals surface area contributed by atoms with Gasteiger partial charge in [0, 0.05) is 18.3 Å². The Bertz CT molecular complexity index is 1530. The van der Waals surface area contributed by atoms with Crippen molar-refractivity contribution in [2.24, 2.45) is 0 Å². The number of carbonyl (C=O) groups excluding carboxylic acids is 4. The molecule has 0 saturated heterocycles. The minimum absolute atomic E-state index is 0.162. The second-order valence-corrected chi connectivity index (χ2v) is 9.59. The summed E-state index contributed by atoms with van der Waals surface area (Å²) in [5.74, 6) is -1.64. The highest BCUT2D eigenvalue weighted by Crippen LogP contribution is 2.38. The standard InChI is InChI=1S/C31H32N4O6/c1-6-41-31(39)23-17-21(13-15-25(23)35(4)26(36)18-34(2)3)32-28(19-10-8-7-9-11-19)27-22-14-12-20(30(38)40-5)16-24(22)33-29(27)37/h7-17,32H,6,18H2,1-5H3,(H,33,37). The van der Waals surface area contributed by atoms with Crippen molar-refractivity contribution >= 4 is 52.1 Å². The van der Waals surface area contributed by atoms with Crippen molar-refractivity contribution in [3.8, 4) is 0 Å². The molecule has 0 spiro atoms. The summed E-state index contributed by atoms with van der Waals surface area (Å²) in [7, 11) is 6.48. The number of nitrogens with zero attached hydrogens (tertiary/aromatic N) is 2. The van der Waals surface area contributed by atoms with Crippen molar-refractivity contribution < 1.29 is 28.7 Å². The van der Waals surface area contributed by atoms with Crippen LogP contribution in [0.3, 0.4) is 0 Å². The van der Waals surface area contributed by atoms with Gasteiger partial charge >= 0.3 is 11.9 Å². The van der Waals surface area contributed by atoms with Gasteiger partial charge < -0.3 is 29.9 Å². The molecule has 0 unspecified atom stereocenters. The fourth-order valence-corrected chi connectivity index (χ4v) is 4.48. The molecule has 0 aliphatic carbocycles. The van der Waals surface area contributed by atoms with E-state index >= 15 is 0 Å². The fraction of sp³-hybridized carbons (Fsp3) is 0.226. The van der Waals surface area contributed by atoms with Crippen LogP contribution in [0.15, 0.2) is 66.7 Å². The van der Waals surface area contributed by atoms with Gasteiger partial charge in [0.15, 0.2) is 0 Å². The molecule has 1 aliphatic rings. The zero-order valence-electron chi connectivity index (χ0n) is 23.6. The number of ether oxygens (including phenoxy) is 2. The molecule has 41 heavy (non-hydrogen) atoms. The third-order valence-electron chi connectivity index (χ3n) is 6.45. The number of esters is 2.